The fourth-order valence-electron chi connectivity index (χ4n) is 5.51. The highest BCUT2D eigenvalue weighted by Gasteiger charge is 2.40. The van der Waals surface area contributed by atoms with Crippen LogP contribution in [0.15, 0.2) is 67.0 Å². The van der Waals surface area contributed by atoms with Gasteiger partial charge in [-0.3, -0.25) is 19.2 Å². The molecule has 3 aromatic rings. The van der Waals surface area contributed by atoms with E-state index in [9.17, 15) is 9.59 Å². The summed E-state index contributed by atoms with van der Waals surface area (Å²) in [5, 5.41) is 10.7. The highest BCUT2D eigenvalue weighted by molar-refractivity contribution is 5.96. The van der Waals surface area contributed by atoms with Gasteiger partial charge in [-0.15, -0.1) is 0 Å². The molecule has 0 aliphatic carbocycles. The smallest absolute Gasteiger partial charge is 0.255 e. The van der Waals surface area contributed by atoms with E-state index in [4.69, 9.17) is 4.74 Å². The monoisotopic (exact) mass is 515 g/mol. The second-order valence-corrected chi connectivity index (χ2v) is 10.4. The zero-order valence-electron chi connectivity index (χ0n) is 21.9. The topological polar surface area (TPSA) is 88.5 Å². The Morgan fingerprint density at radius 1 is 0.842 bits per heavy atom. The number of nitrogens with one attached hydrogen (secondary N) is 2. The molecular formula is C30H37N5O3. The standard InChI is InChI=1S/C30H37N5O3/c36-28-26-10-4-5-11-27(26)38-19-16-32-29(37)30(12-6-7-15-31-28)13-17-34(18-14-30)21-25-20-33-35(23-25)22-24-8-2-1-3-9-24/h1-5,8-11,20,23H,6-7,12-19,21-22H2,(H,31,36)(H,32,37). The van der Waals surface area contributed by atoms with Crippen LogP contribution in [0.5, 0.6) is 5.75 Å². The molecule has 2 aliphatic heterocycles. The van der Waals surface area contributed by atoms with Gasteiger partial charge in [0.1, 0.15) is 12.4 Å². The summed E-state index contributed by atoms with van der Waals surface area (Å²) in [7, 11) is 0. The van der Waals surface area contributed by atoms with Gasteiger partial charge in [0.15, 0.2) is 0 Å². The van der Waals surface area contributed by atoms with Gasteiger partial charge in [0, 0.05) is 24.8 Å². The van der Waals surface area contributed by atoms with E-state index in [1.807, 2.05) is 41.2 Å². The van der Waals surface area contributed by atoms with Crippen molar-refractivity contribution in [2.75, 3.05) is 32.8 Å². The molecule has 0 saturated carbocycles. The summed E-state index contributed by atoms with van der Waals surface area (Å²) in [5.41, 5.74) is 2.59. The fraction of sp³-hybridized carbons (Fsp3) is 0.433. The van der Waals surface area contributed by atoms with E-state index < -0.39 is 0 Å². The summed E-state index contributed by atoms with van der Waals surface area (Å²) in [6.45, 7) is 4.68. The Balaban J connectivity index is 1.17. The third-order valence-electron chi connectivity index (χ3n) is 7.72. The Kier molecular flexibility index (Phi) is 8.38. The summed E-state index contributed by atoms with van der Waals surface area (Å²) in [6.07, 6.45) is 8.30. The largest absolute Gasteiger partial charge is 0.491 e. The van der Waals surface area contributed by atoms with Crippen LogP contribution in [0, 0.1) is 5.41 Å². The van der Waals surface area contributed by atoms with Gasteiger partial charge in [-0.2, -0.15) is 5.10 Å². The number of fused-ring (bicyclic) bond motifs is 1. The first-order valence-corrected chi connectivity index (χ1v) is 13.7. The Morgan fingerprint density at radius 3 is 2.47 bits per heavy atom. The Morgan fingerprint density at radius 2 is 1.63 bits per heavy atom. The summed E-state index contributed by atoms with van der Waals surface area (Å²) in [4.78, 5) is 28.5. The number of rotatable bonds is 4. The number of piperidine rings is 1. The Hall–Kier alpha value is -3.65. The van der Waals surface area contributed by atoms with Gasteiger partial charge >= 0.3 is 0 Å². The second-order valence-electron chi connectivity index (χ2n) is 10.4. The van der Waals surface area contributed by atoms with Crippen molar-refractivity contribution in [3.05, 3.63) is 83.7 Å². The summed E-state index contributed by atoms with van der Waals surface area (Å²) in [5.74, 6) is 0.564. The summed E-state index contributed by atoms with van der Waals surface area (Å²) >= 11 is 0. The molecule has 5 rings (SSSR count). The van der Waals surface area contributed by atoms with Crippen LogP contribution < -0.4 is 15.4 Å². The van der Waals surface area contributed by atoms with Crippen molar-refractivity contribution in [3.63, 3.8) is 0 Å². The lowest BCUT2D eigenvalue weighted by atomic mass is 9.73. The molecule has 0 radical (unpaired) electrons. The zero-order chi connectivity index (χ0) is 26.2. The number of carbonyl (C=O) groups is 2. The van der Waals surface area contributed by atoms with Crippen molar-refractivity contribution < 1.29 is 14.3 Å². The van der Waals surface area contributed by atoms with Gasteiger partial charge in [-0.25, -0.2) is 0 Å². The normalized spacial score (nSPS) is 19.1. The lowest BCUT2D eigenvalue weighted by Crippen LogP contribution is -2.49. The molecule has 8 nitrogen and oxygen atoms in total. The number of nitrogens with zero attached hydrogens (tertiary/aromatic N) is 3. The number of carbonyl (C=O) groups excluding carboxylic acids is 2. The minimum absolute atomic E-state index is 0.114. The maximum atomic E-state index is 13.4. The number of aromatic nitrogens is 2. The van der Waals surface area contributed by atoms with Crippen molar-refractivity contribution in [2.24, 2.45) is 5.41 Å². The predicted octanol–water partition coefficient (Wildman–Crippen LogP) is 3.62. The summed E-state index contributed by atoms with van der Waals surface area (Å²) < 4.78 is 7.84. The minimum atomic E-state index is -0.375. The quantitative estimate of drug-likeness (QED) is 0.554. The average molecular weight is 516 g/mol. The van der Waals surface area contributed by atoms with Crippen molar-refractivity contribution in [2.45, 2.75) is 45.2 Å². The van der Waals surface area contributed by atoms with E-state index in [-0.39, 0.29) is 17.2 Å². The first kappa shape index (κ1) is 26.0. The van der Waals surface area contributed by atoms with Crippen molar-refractivity contribution >= 4 is 11.8 Å². The average Bonchev–Trinajstić information content (AvgIpc) is 3.38. The molecule has 8 heteroatoms. The number of hydrogen-bond donors (Lipinski definition) is 2. The molecule has 2 N–H and O–H groups in total. The van der Waals surface area contributed by atoms with Crippen LogP contribution in [-0.2, 0) is 17.9 Å². The van der Waals surface area contributed by atoms with Crippen LogP contribution in [0.4, 0.5) is 0 Å². The number of amides is 2. The maximum absolute atomic E-state index is 13.4. The number of hydrogen-bond acceptors (Lipinski definition) is 5. The van der Waals surface area contributed by atoms with Crippen LogP contribution in [0.2, 0.25) is 0 Å². The molecule has 1 aromatic heterocycles. The van der Waals surface area contributed by atoms with Crippen molar-refractivity contribution in [1.82, 2.24) is 25.3 Å². The van der Waals surface area contributed by atoms with Crippen LogP contribution in [-0.4, -0.2) is 59.3 Å². The second kappa shape index (κ2) is 12.3. The van der Waals surface area contributed by atoms with Gasteiger partial charge in [0.2, 0.25) is 5.91 Å². The van der Waals surface area contributed by atoms with E-state index >= 15 is 0 Å². The number of para-hydroxylation sites is 1. The SMILES string of the molecule is O=C1NCCCCC2(CCN(Cc3cnn(Cc4ccccc4)c3)CC2)C(=O)NCCOc2ccccc21. The van der Waals surface area contributed by atoms with Gasteiger partial charge in [-0.05, 0) is 56.5 Å². The van der Waals surface area contributed by atoms with Gasteiger partial charge in [-0.1, -0.05) is 48.9 Å². The molecule has 1 saturated heterocycles. The third kappa shape index (κ3) is 6.42. The Labute approximate surface area is 224 Å². The first-order chi connectivity index (χ1) is 18.6. The molecule has 3 heterocycles. The van der Waals surface area contributed by atoms with Crippen molar-refractivity contribution in [3.8, 4) is 5.75 Å². The molecule has 0 atom stereocenters. The van der Waals surface area contributed by atoms with E-state index in [2.05, 4.69) is 39.0 Å². The van der Waals surface area contributed by atoms with Crippen LogP contribution in [0.25, 0.3) is 0 Å². The first-order valence-electron chi connectivity index (χ1n) is 13.7. The number of benzene rings is 2. The molecule has 2 amide bonds. The zero-order valence-corrected chi connectivity index (χ0v) is 21.9. The predicted molar refractivity (Wildman–Crippen MR) is 146 cm³/mol. The minimum Gasteiger partial charge on any atom is -0.491 e. The van der Waals surface area contributed by atoms with E-state index in [0.29, 0.717) is 31.0 Å². The van der Waals surface area contributed by atoms with Crippen LogP contribution in [0.1, 0.15) is 53.6 Å². The lowest BCUT2D eigenvalue weighted by Gasteiger charge is -2.41. The Bertz CT molecular complexity index is 1220. The highest BCUT2D eigenvalue weighted by atomic mass is 16.5. The summed E-state index contributed by atoms with van der Waals surface area (Å²) in [6, 6.07) is 17.6. The van der Waals surface area contributed by atoms with Gasteiger partial charge in [0.05, 0.1) is 30.3 Å². The molecule has 38 heavy (non-hydrogen) atoms. The molecule has 0 unspecified atom stereocenters. The third-order valence-corrected chi connectivity index (χ3v) is 7.72. The molecule has 2 aromatic carbocycles. The van der Waals surface area contributed by atoms with E-state index in [0.717, 1.165) is 58.3 Å². The number of ether oxygens (including phenoxy) is 1. The molecule has 1 spiro atoms. The lowest BCUT2D eigenvalue weighted by molar-refractivity contribution is -0.134. The molecule has 2 aliphatic rings. The molecule has 200 valence electrons. The maximum Gasteiger partial charge on any atom is 0.255 e. The number of likely N-dealkylation sites (tertiary alicyclic amines) is 1. The molecule has 1 fully saturated rings. The van der Waals surface area contributed by atoms with Gasteiger partial charge in [0.25, 0.3) is 5.91 Å². The fourth-order valence-corrected chi connectivity index (χ4v) is 5.51. The van der Waals surface area contributed by atoms with Crippen molar-refractivity contribution in [1.29, 1.82) is 0 Å². The van der Waals surface area contributed by atoms with Gasteiger partial charge < -0.3 is 15.4 Å². The van der Waals surface area contributed by atoms with Crippen LogP contribution >= 0.6 is 0 Å². The molecular weight excluding hydrogens is 478 g/mol. The van der Waals surface area contributed by atoms with Crippen LogP contribution in [0.3, 0.4) is 0 Å². The van der Waals surface area contributed by atoms with E-state index in [1.165, 1.54) is 11.1 Å². The molecule has 0 bridgehead atoms. The van der Waals surface area contributed by atoms with E-state index in [1.54, 1.807) is 12.1 Å². The highest BCUT2D eigenvalue weighted by Crippen LogP contribution is 2.37.